The minimum atomic E-state index is -1.97. The van der Waals surface area contributed by atoms with Gasteiger partial charge in [-0.2, -0.15) is 0 Å². The molecule has 3 saturated heterocycles. The summed E-state index contributed by atoms with van der Waals surface area (Å²) >= 11 is 0. The minimum absolute atomic E-state index is 0.0359. The molecule has 1 aromatic heterocycles. The van der Waals surface area contributed by atoms with Gasteiger partial charge < -0.3 is 48.5 Å². The predicted octanol–water partition coefficient (Wildman–Crippen LogP) is 6.14. The van der Waals surface area contributed by atoms with Crippen LogP contribution in [0.5, 0.6) is 0 Å². The predicted molar refractivity (Wildman–Crippen MR) is 271 cm³/mol. The normalized spacial score (nSPS) is 37.2. The van der Waals surface area contributed by atoms with Gasteiger partial charge in [-0.3, -0.25) is 29.2 Å². The molecule has 3 unspecified atom stereocenters. The summed E-state index contributed by atoms with van der Waals surface area (Å²) in [6.45, 7) is 18.9. The zero-order valence-electron chi connectivity index (χ0n) is 45.8. The van der Waals surface area contributed by atoms with E-state index in [9.17, 15) is 29.7 Å². The number of ether oxygens (including phenoxy) is 7. The molecular weight excluding hydrogens is 943 g/mol. The van der Waals surface area contributed by atoms with Crippen molar-refractivity contribution in [3.8, 4) is 11.3 Å². The number of rotatable bonds is 19. The van der Waals surface area contributed by atoms with Crippen LogP contribution in [0.2, 0.25) is 0 Å². The van der Waals surface area contributed by atoms with Crippen LogP contribution in [0.4, 0.5) is 0 Å². The van der Waals surface area contributed by atoms with E-state index in [0.29, 0.717) is 19.4 Å². The average Bonchev–Trinajstić information content (AvgIpc) is 3.84. The number of cyclic esters (lactones) is 1. The van der Waals surface area contributed by atoms with Gasteiger partial charge >= 0.3 is 5.97 Å². The molecule has 0 spiro atoms. The maximum Gasteiger partial charge on any atom is 0.311 e. The average molecular weight is 1030 g/mol. The molecule has 1 aromatic carbocycles. The third-order valence-corrected chi connectivity index (χ3v) is 16.2. The van der Waals surface area contributed by atoms with Crippen LogP contribution < -0.4 is 5.48 Å². The molecule has 5 N–H and O–H groups in total. The molecule has 3 aliphatic heterocycles. The summed E-state index contributed by atoms with van der Waals surface area (Å²) in [6.07, 6.45) is 0.485. The Labute approximate surface area is 433 Å². The first-order valence-electron chi connectivity index (χ1n) is 26.6. The zero-order chi connectivity index (χ0) is 54.0. The van der Waals surface area contributed by atoms with E-state index in [2.05, 4.69) is 46.5 Å². The molecule has 0 radical (unpaired) electrons. The fourth-order valence-electron chi connectivity index (χ4n) is 11.4. The lowest BCUT2D eigenvalue weighted by atomic mass is 9.74. The van der Waals surface area contributed by atoms with Crippen LogP contribution in [0.25, 0.3) is 11.3 Å². The van der Waals surface area contributed by atoms with Crippen molar-refractivity contribution in [2.75, 3.05) is 21.3 Å². The lowest BCUT2D eigenvalue weighted by Crippen LogP contribution is -2.60. The molecule has 0 aliphatic carbocycles. The molecule has 0 saturated carbocycles. The maximum atomic E-state index is 14.5. The van der Waals surface area contributed by atoms with E-state index in [-0.39, 0.29) is 43.1 Å². The van der Waals surface area contributed by atoms with Gasteiger partial charge in [-0.15, -0.1) is 5.10 Å². The second kappa shape index (κ2) is 26.5. The van der Waals surface area contributed by atoms with E-state index < -0.39 is 95.6 Å². The quantitative estimate of drug-likeness (QED) is 0.0459. The fourth-order valence-corrected chi connectivity index (χ4v) is 11.4. The molecule has 19 nitrogen and oxygen atoms in total. The van der Waals surface area contributed by atoms with Crippen LogP contribution in [0.15, 0.2) is 30.5 Å². The van der Waals surface area contributed by atoms with E-state index in [0.717, 1.165) is 61.9 Å². The van der Waals surface area contributed by atoms with Crippen molar-refractivity contribution >= 4 is 17.7 Å². The van der Waals surface area contributed by atoms with Crippen molar-refractivity contribution < 1.29 is 68.1 Å². The molecule has 0 bridgehead atoms. The standard InChI is InChI=1S/C54H89N5O14/c1-14-42-54(10,65)48(62)34(4)46(61)32(2)28-53(9,68-13)50(35(5)47(36(6)51(64)71-42)72-45-29-52(8,67-12)49(63)37(7)70-45)73-44-27-40(26-33(3)69-44)58(11)30-38-21-23-39(24-22-38)41-31-59(57-55-41)25-19-17-15-16-18-20-43(60)56-66/h21-24,31-37,40,42,44-45,47-50,62-63,65-66H,14-20,25-30H2,1-13H3,(H,56,60)/t32-,33-,34+,35+,36-,37+,40+,42?,44?,45?,47-,48-,49+,50-,52-,53+,54-/m1/s1. The highest BCUT2D eigenvalue weighted by Gasteiger charge is 2.53. The second-order valence-corrected chi connectivity index (χ2v) is 22.1. The summed E-state index contributed by atoms with van der Waals surface area (Å²) in [6, 6.07) is 8.36. The molecular formula is C54H89N5O14. The molecule has 73 heavy (non-hydrogen) atoms. The second-order valence-electron chi connectivity index (χ2n) is 22.1. The van der Waals surface area contributed by atoms with Crippen LogP contribution in [0.1, 0.15) is 145 Å². The van der Waals surface area contributed by atoms with E-state index in [1.54, 1.807) is 54.1 Å². The molecule has 3 fully saturated rings. The van der Waals surface area contributed by atoms with Crippen molar-refractivity contribution in [2.24, 2.45) is 23.7 Å². The van der Waals surface area contributed by atoms with Gasteiger partial charge in [-0.05, 0) is 86.3 Å². The number of carbonyl (C=O) groups is 3. The van der Waals surface area contributed by atoms with Gasteiger partial charge in [-0.1, -0.05) is 76.4 Å². The largest absolute Gasteiger partial charge is 0.459 e. The van der Waals surface area contributed by atoms with Crippen molar-refractivity contribution in [1.82, 2.24) is 25.4 Å². The lowest BCUT2D eigenvalue weighted by molar-refractivity contribution is -0.309. The summed E-state index contributed by atoms with van der Waals surface area (Å²) in [5, 5.41) is 52.0. The Morgan fingerprint density at radius 2 is 1.52 bits per heavy atom. The number of methoxy groups -OCH3 is 2. The Kier molecular flexibility index (Phi) is 22.0. The van der Waals surface area contributed by atoms with Gasteiger partial charge in [0.1, 0.15) is 29.3 Å². The number of amides is 1. The number of aliphatic hydroxyl groups is 3. The monoisotopic (exact) mass is 1030 g/mol. The zero-order valence-corrected chi connectivity index (χ0v) is 45.8. The van der Waals surface area contributed by atoms with E-state index in [1.807, 2.05) is 31.6 Å². The van der Waals surface area contributed by atoms with Gasteiger partial charge in [0.15, 0.2) is 12.6 Å². The Balaban J connectivity index is 1.37. The molecule has 414 valence electrons. The number of unbranched alkanes of at least 4 members (excludes halogenated alkanes) is 4. The van der Waals surface area contributed by atoms with Gasteiger partial charge in [0.05, 0.1) is 53.8 Å². The molecule has 19 heteroatoms. The first kappa shape index (κ1) is 60.4. The van der Waals surface area contributed by atoms with Crippen molar-refractivity contribution in [3.05, 3.63) is 36.0 Å². The van der Waals surface area contributed by atoms with Crippen LogP contribution in [0.3, 0.4) is 0 Å². The highest BCUT2D eigenvalue weighted by molar-refractivity contribution is 5.83. The Hall–Kier alpha value is -3.47. The summed E-state index contributed by atoms with van der Waals surface area (Å²) in [5.41, 5.74) is 0.323. The molecule has 3 aliphatic rings. The number of ketones is 1. The third kappa shape index (κ3) is 15.1. The SMILES string of the molecule is CCC1OC(=O)[C@H](C)[C@H](OC2C[C@@](C)(OC)[C@@H](O)[C@H](C)O2)[C@H](C)[C@@H](OC2C[C@@H](N(C)Cc3ccc(-c4cn(CCCCCCCC(=O)NO)nn4)cc3)C[C@@H](C)O2)[C@@](C)(OC)C[C@@H](C)C(=O)[C@H](C)[C@@H](O)[C@]1(C)O. The molecule has 1 amide bonds. The van der Waals surface area contributed by atoms with Crippen molar-refractivity contribution in [1.29, 1.82) is 0 Å². The molecule has 2 aromatic rings. The minimum Gasteiger partial charge on any atom is -0.459 e. The molecule has 4 heterocycles. The fraction of sp³-hybridized carbons (Fsp3) is 0.796. The van der Waals surface area contributed by atoms with E-state index in [4.69, 9.17) is 38.4 Å². The van der Waals surface area contributed by atoms with Crippen LogP contribution in [0, 0.1) is 23.7 Å². The number of Topliss-reactive ketones (excluding diaryl/α,β-unsaturated/α-hetero) is 1. The Morgan fingerprint density at radius 1 is 0.863 bits per heavy atom. The number of aryl methyl sites for hydroxylation is 1. The number of hydrogen-bond acceptors (Lipinski definition) is 17. The topological polar surface area (TPSA) is 243 Å². The van der Waals surface area contributed by atoms with E-state index >= 15 is 0 Å². The number of nitrogens with zero attached hydrogens (tertiary/aromatic N) is 4. The smallest absolute Gasteiger partial charge is 0.311 e. The number of aliphatic hydroxyl groups excluding tert-OH is 2. The summed E-state index contributed by atoms with van der Waals surface area (Å²) in [5.74, 6) is -4.69. The van der Waals surface area contributed by atoms with Gasteiger partial charge in [0, 0.05) is 75.9 Å². The summed E-state index contributed by atoms with van der Waals surface area (Å²) in [7, 11) is 5.17. The summed E-state index contributed by atoms with van der Waals surface area (Å²) in [4.78, 5) is 42.3. The number of esters is 1. The molecule has 5 rings (SSSR count). The number of hydrogen-bond donors (Lipinski definition) is 5. The molecule has 17 atom stereocenters. The third-order valence-electron chi connectivity index (χ3n) is 16.2. The lowest BCUT2D eigenvalue weighted by Gasteiger charge is -2.49. The van der Waals surface area contributed by atoms with Crippen molar-refractivity contribution in [3.63, 3.8) is 0 Å². The maximum absolute atomic E-state index is 14.5. The number of benzene rings is 1. The first-order chi connectivity index (χ1) is 34.4. The van der Waals surface area contributed by atoms with Gasteiger partial charge in [0.25, 0.3) is 0 Å². The number of nitrogens with one attached hydrogen (secondary N) is 1. The van der Waals surface area contributed by atoms with Crippen LogP contribution in [-0.4, -0.2) is 158 Å². The number of carbonyl (C=O) groups excluding carboxylic acids is 3. The highest BCUT2D eigenvalue weighted by atomic mass is 16.7. The van der Waals surface area contributed by atoms with Gasteiger partial charge in [0.2, 0.25) is 5.91 Å². The van der Waals surface area contributed by atoms with Crippen molar-refractivity contribution in [2.45, 2.75) is 231 Å². The van der Waals surface area contributed by atoms with Crippen LogP contribution in [-0.2, 0) is 60.6 Å². The number of hydroxylamine groups is 1. The first-order valence-corrected chi connectivity index (χ1v) is 26.6. The van der Waals surface area contributed by atoms with Crippen LogP contribution >= 0.6 is 0 Å². The number of aromatic nitrogens is 3. The summed E-state index contributed by atoms with van der Waals surface area (Å²) < 4.78 is 47.1. The Morgan fingerprint density at radius 3 is 2.16 bits per heavy atom. The highest BCUT2D eigenvalue weighted by Crippen LogP contribution is 2.42. The van der Waals surface area contributed by atoms with Gasteiger partial charge in [-0.25, -0.2) is 5.48 Å². The Bertz CT molecular complexity index is 2060. The van der Waals surface area contributed by atoms with E-state index in [1.165, 1.54) is 14.0 Å².